The van der Waals surface area contributed by atoms with Crippen molar-refractivity contribution in [1.29, 1.82) is 0 Å². The van der Waals surface area contributed by atoms with Crippen LogP contribution in [-0.4, -0.2) is 32.2 Å². The summed E-state index contributed by atoms with van der Waals surface area (Å²) in [6.07, 6.45) is 0. The third kappa shape index (κ3) is 7.37. The van der Waals surface area contributed by atoms with Gasteiger partial charge in [-0.15, -0.1) is 12.4 Å². The fraction of sp³-hybridized carbons (Fsp3) is 0.462. The number of anilines is 1. The summed E-state index contributed by atoms with van der Waals surface area (Å²) in [5.41, 5.74) is 5.86. The van der Waals surface area contributed by atoms with Crippen LogP contribution in [0, 0.1) is 0 Å². The highest BCUT2D eigenvalue weighted by molar-refractivity contribution is 7.89. The molecule has 1 rings (SSSR count). The third-order valence-corrected chi connectivity index (χ3v) is 4.03. The van der Waals surface area contributed by atoms with Crippen molar-refractivity contribution < 1.29 is 8.42 Å². The summed E-state index contributed by atoms with van der Waals surface area (Å²) < 4.78 is 26.2. The topological polar surface area (TPSA) is 96.2 Å². The first-order valence-corrected chi connectivity index (χ1v) is 8.42. The SMILES string of the molecule is CC(C)(C)NC(=S)Nc1ccc(S(=O)(=O)NCCN)cc1.Cl. The zero-order valence-electron chi connectivity index (χ0n) is 12.8. The van der Waals surface area contributed by atoms with E-state index in [1.54, 1.807) is 12.1 Å². The highest BCUT2D eigenvalue weighted by Crippen LogP contribution is 2.14. The summed E-state index contributed by atoms with van der Waals surface area (Å²) in [6.45, 7) is 6.47. The molecule has 0 aliphatic heterocycles. The molecular formula is C13H23ClN4O2S2. The number of thiocarbonyl (C=S) groups is 1. The molecule has 0 saturated heterocycles. The zero-order valence-corrected chi connectivity index (χ0v) is 15.3. The van der Waals surface area contributed by atoms with Gasteiger partial charge in [0, 0.05) is 24.3 Å². The molecule has 0 saturated carbocycles. The summed E-state index contributed by atoms with van der Waals surface area (Å²) in [7, 11) is -3.50. The Balaban J connectivity index is 0.00000441. The number of sulfonamides is 1. The highest BCUT2D eigenvalue weighted by atomic mass is 35.5. The van der Waals surface area contributed by atoms with E-state index < -0.39 is 10.0 Å². The minimum Gasteiger partial charge on any atom is -0.358 e. The van der Waals surface area contributed by atoms with Crippen LogP contribution in [-0.2, 0) is 10.0 Å². The standard InChI is InChI=1S/C13H22N4O2S2.ClH/c1-13(2,3)17-12(20)16-10-4-6-11(7-5-10)21(18,19)15-9-8-14;/h4-7,15H,8-9,14H2,1-3H3,(H2,16,17,20);1H. The van der Waals surface area contributed by atoms with Gasteiger partial charge in [-0.2, -0.15) is 0 Å². The molecule has 0 fully saturated rings. The monoisotopic (exact) mass is 366 g/mol. The van der Waals surface area contributed by atoms with Crippen molar-refractivity contribution >= 4 is 45.4 Å². The van der Waals surface area contributed by atoms with Gasteiger partial charge in [0.05, 0.1) is 4.90 Å². The van der Waals surface area contributed by atoms with Gasteiger partial charge in [0.2, 0.25) is 10.0 Å². The molecule has 0 aliphatic carbocycles. The average molecular weight is 367 g/mol. The van der Waals surface area contributed by atoms with Crippen LogP contribution in [0.15, 0.2) is 29.2 Å². The van der Waals surface area contributed by atoms with Crippen molar-refractivity contribution in [2.75, 3.05) is 18.4 Å². The largest absolute Gasteiger partial charge is 0.358 e. The molecule has 0 atom stereocenters. The highest BCUT2D eigenvalue weighted by Gasteiger charge is 2.14. The van der Waals surface area contributed by atoms with E-state index in [9.17, 15) is 8.42 Å². The smallest absolute Gasteiger partial charge is 0.240 e. The van der Waals surface area contributed by atoms with Crippen molar-refractivity contribution in [3.8, 4) is 0 Å². The Labute approximate surface area is 143 Å². The lowest BCUT2D eigenvalue weighted by molar-refractivity contribution is 0.515. The van der Waals surface area contributed by atoms with E-state index in [-0.39, 0.29) is 35.9 Å². The molecule has 126 valence electrons. The molecule has 0 aliphatic rings. The Kier molecular flexibility index (Phi) is 8.27. The van der Waals surface area contributed by atoms with Gasteiger partial charge in [0.1, 0.15) is 0 Å². The maximum atomic E-state index is 11.9. The first-order valence-electron chi connectivity index (χ1n) is 6.53. The van der Waals surface area contributed by atoms with E-state index in [2.05, 4.69) is 15.4 Å². The van der Waals surface area contributed by atoms with Crippen LogP contribution in [0.2, 0.25) is 0 Å². The molecule has 1 aromatic carbocycles. The summed E-state index contributed by atoms with van der Waals surface area (Å²) in [5.74, 6) is 0. The second-order valence-corrected chi connectivity index (χ2v) is 7.72. The number of rotatable bonds is 5. The Morgan fingerprint density at radius 2 is 1.77 bits per heavy atom. The number of halogens is 1. The minimum atomic E-state index is -3.50. The normalized spacial score (nSPS) is 11.5. The van der Waals surface area contributed by atoms with E-state index in [0.29, 0.717) is 5.11 Å². The quantitative estimate of drug-likeness (QED) is 0.589. The molecular weight excluding hydrogens is 344 g/mol. The molecule has 0 radical (unpaired) electrons. The van der Waals surface area contributed by atoms with Gasteiger partial charge < -0.3 is 16.4 Å². The van der Waals surface area contributed by atoms with Crippen LogP contribution in [0.3, 0.4) is 0 Å². The van der Waals surface area contributed by atoms with Crippen LogP contribution in [0.5, 0.6) is 0 Å². The summed E-state index contributed by atoms with van der Waals surface area (Å²) in [4.78, 5) is 0.191. The van der Waals surface area contributed by atoms with Crippen LogP contribution in [0.4, 0.5) is 5.69 Å². The van der Waals surface area contributed by atoms with Crippen molar-refractivity contribution in [2.45, 2.75) is 31.2 Å². The van der Waals surface area contributed by atoms with Gasteiger partial charge in [-0.3, -0.25) is 0 Å². The fourth-order valence-electron chi connectivity index (χ4n) is 1.50. The summed E-state index contributed by atoms with van der Waals surface area (Å²) in [5, 5.41) is 6.61. The molecule has 0 bridgehead atoms. The first kappa shape index (κ1) is 21.1. The average Bonchev–Trinajstić information content (AvgIpc) is 2.34. The molecule has 9 heteroatoms. The number of hydrogen-bond acceptors (Lipinski definition) is 4. The molecule has 1 aromatic rings. The van der Waals surface area contributed by atoms with Crippen molar-refractivity contribution in [1.82, 2.24) is 10.0 Å². The lowest BCUT2D eigenvalue weighted by atomic mass is 10.1. The zero-order chi connectivity index (χ0) is 16.1. The van der Waals surface area contributed by atoms with E-state index >= 15 is 0 Å². The predicted molar refractivity (Wildman–Crippen MR) is 97.0 cm³/mol. The second-order valence-electron chi connectivity index (χ2n) is 5.54. The number of hydrogen-bond donors (Lipinski definition) is 4. The number of benzene rings is 1. The fourth-order valence-corrected chi connectivity index (χ4v) is 2.97. The van der Waals surface area contributed by atoms with Gasteiger partial charge in [0.25, 0.3) is 0 Å². The summed E-state index contributed by atoms with van der Waals surface area (Å²) in [6, 6.07) is 6.35. The molecule has 5 N–H and O–H groups in total. The van der Waals surface area contributed by atoms with Gasteiger partial charge in [-0.25, -0.2) is 13.1 Å². The molecule has 0 spiro atoms. The maximum Gasteiger partial charge on any atom is 0.240 e. The van der Waals surface area contributed by atoms with Gasteiger partial charge in [-0.1, -0.05) is 0 Å². The minimum absolute atomic E-state index is 0. The first-order chi connectivity index (χ1) is 9.64. The second kappa shape index (κ2) is 8.64. The number of nitrogens with one attached hydrogen (secondary N) is 3. The molecule has 0 heterocycles. The Morgan fingerprint density at radius 1 is 1.23 bits per heavy atom. The lowest BCUT2D eigenvalue weighted by Crippen LogP contribution is -2.42. The lowest BCUT2D eigenvalue weighted by Gasteiger charge is -2.23. The molecule has 6 nitrogen and oxygen atoms in total. The maximum absolute atomic E-state index is 11.9. The Bertz CT molecular complexity index is 583. The van der Waals surface area contributed by atoms with Gasteiger partial charge in [-0.05, 0) is 57.3 Å². The molecule has 0 unspecified atom stereocenters. The van der Waals surface area contributed by atoms with E-state index in [4.69, 9.17) is 18.0 Å². The van der Waals surface area contributed by atoms with Crippen LogP contribution in [0.1, 0.15) is 20.8 Å². The van der Waals surface area contributed by atoms with E-state index in [1.165, 1.54) is 12.1 Å². The van der Waals surface area contributed by atoms with Crippen molar-refractivity contribution in [2.24, 2.45) is 5.73 Å². The molecule has 22 heavy (non-hydrogen) atoms. The van der Waals surface area contributed by atoms with Crippen LogP contribution in [0.25, 0.3) is 0 Å². The third-order valence-electron chi connectivity index (χ3n) is 2.35. The van der Waals surface area contributed by atoms with E-state index in [0.717, 1.165) is 5.69 Å². The molecule has 0 aromatic heterocycles. The van der Waals surface area contributed by atoms with Crippen LogP contribution < -0.4 is 21.1 Å². The Hall–Kier alpha value is -0.930. The van der Waals surface area contributed by atoms with Crippen molar-refractivity contribution in [3.63, 3.8) is 0 Å². The van der Waals surface area contributed by atoms with Crippen LogP contribution >= 0.6 is 24.6 Å². The Morgan fingerprint density at radius 3 is 2.23 bits per heavy atom. The van der Waals surface area contributed by atoms with E-state index in [1.807, 2.05) is 20.8 Å². The van der Waals surface area contributed by atoms with Gasteiger partial charge >= 0.3 is 0 Å². The number of nitrogens with two attached hydrogens (primary N) is 1. The predicted octanol–water partition coefficient (Wildman–Crippen LogP) is 1.43. The van der Waals surface area contributed by atoms with Gasteiger partial charge in [0.15, 0.2) is 5.11 Å². The summed E-state index contributed by atoms with van der Waals surface area (Å²) >= 11 is 5.18. The van der Waals surface area contributed by atoms with Crippen molar-refractivity contribution in [3.05, 3.63) is 24.3 Å². The molecule has 0 amide bonds.